The normalized spacial score (nSPS) is 18.1. The number of pyridine rings is 1. The van der Waals surface area contributed by atoms with Gasteiger partial charge < -0.3 is 20.1 Å². The highest BCUT2D eigenvalue weighted by atomic mass is 32.1. The molecule has 8 nitrogen and oxygen atoms in total. The number of benzene rings is 1. The Morgan fingerprint density at radius 3 is 2.78 bits per heavy atom. The predicted molar refractivity (Wildman–Crippen MR) is 145 cm³/mol. The number of aliphatic hydroxyl groups excluding tert-OH is 1. The number of likely N-dealkylation sites (N-methyl/N-ethyl adjacent to an activating group) is 1. The van der Waals surface area contributed by atoms with E-state index >= 15 is 0 Å². The largest absolute Gasteiger partial charge is 0.456 e. The van der Waals surface area contributed by atoms with Crippen LogP contribution >= 0.6 is 11.3 Å². The quantitative estimate of drug-likeness (QED) is 0.298. The first-order valence-corrected chi connectivity index (χ1v) is 13.7. The van der Waals surface area contributed by atoms with E-state index in [2.05, 4.69) is 40.3 Å². The van der Waals surface area contributed by atoms with E-state index in [0.717, 1.165) is 84.1 Å². The van der Waals surface area contributed by atoms with Gasteiger partial charge in [0.25, 0.3) is 0 Å². The molecule has 0 bridgehead atoms. The standard InChI is InChI=1S/C27H34N6O2S/c1-3-32(4-2)11-12-33-18-20(16-29-33)19-13-22(17-28-15-19)35-21-9-10-24-26(14-21)36-27(31-24)30-23-7-5-6-8-25(23)34/h9-10,13-18,23,25,34H,3-8,11-12H2,1-2H3,(H,30,31)/t23-,25-/m1/s1. The lowest BCUT2D eigenvalue weighted by Crippen LogP contribution is -2.36. The Morgan fingerprint density at radius 1 is 1.08 bits per heavy atom. The Kier molecular flexibility index (Phi) is 7.79. The summed E-state index contributed by atoms with van der Waals surface area (Å²) in [7, 11) is 0. The molecule has 0 amide bonds. The SMILES string of the molecule is CCN(CC)CCn1cc(-c2cncc(Oc3ccc4nc(N[C@@H]5CCCC[C@H]5O)sc4c3)c2)cn1. The molecule has 1 aliphatic carbocycles. The average Bonchev–Trinajstić information content (AvgIpc) is 3.53. The zero-order chi connectivity index (χ0) is 24.9. The highest BCUT2D eigenvalue weighted by Crippen LogP contribution is 2.33. The minimum Gasteiger partial charge on any atom is -0.456 e. The monoisotopic (exact) mass is 506 g/mol. The number of aromatic nitrogens is 4. The lowest BCUT2D eigenvalue weighted by Gasteiger charge is -2.27. The fourth-order valence-electron chi connectivity index (χ4n) is 4.66. The average molecular weight is 507 g/mol. The first-order chi connectivity index (χ1) is 17.6. The number of hydrogen-bond acceptors (Lipinski definition) is 8. The Morgan fingerprint density at radius 2 is 1.94 bits per heavy atom. The summed E-state index contributed by atoms with van der Waals surface area (Å²) in [6.07, 6.45) is 11.3. The van der Waals surface area contributed by atoms with E-state index in [1.807, 2.05) is 41.3 Å². The van der Waals surface area contributed by atoms with Crippen LogP contribution in [0.25, 0.3) is 21.3 Å². The number of thiazole rings is 1. The molecular weight excluding hydrogens is 472 g/mol. The van der Waals surface area contributed by atoms with Gasteiger partial charge in [-0.3, -0.25) is 9.67 Å². The molecule has 36 heavy (non-hydrogen) atoms. The van der Waals surface area contributed by atoms with Crippen LogP contribution in [0.1, 0.15) is 39.5 Å². The zero-order valence-corrected chi connectivity index (χ0v) is 21.7. The summed E-state index contributed by atoms with van der Waals surface area (Å²) in [5.74, 6) is 1.42. The molecule has 3 aromatic heterocycles. The molecule has 2 N–H and O–H groups in total. The van der Waals surface area contributed by atoms with Gasteiger partial charge in [0.2, 0.25) is 0 Å². The number of nitrogens with zero attached hydrogens (tertiary/aromatic N) is 5. The van der Waals surface area contributed by atoms with Crippen molar-refractivity contribution in [3.8, 4) is 22.6 Å². The van der Waals surface area contributed by atoms with Gasteiger partial charge in [-0.05, 0) is 44.1 Å². The summed E-state index contributed by atoms with van der Waals surface area (Å²) in [6.45, 7) is 8.29. The van der Waals surface area contributed by atoms with Crippen molar-refractivity contribution in [3.05, 3.63) is 49.1 Å². The van der Waals surface area contributed by atoms with Crippen LogP contribution in [0.5, 0.6) is 11.5 Å². The third kappa shape index (κ3) is 5.86. The molecule has 9 heteroatoms. The van der Waals surface area contributed by atoms with Gasteiger partial charge in [-0.2, -0.15) is 5.10 Å². The number of fused-ring (bicyclic) bond motifs is 1. The minimum absolute atomic E-state index is 0.0745. The Labute approximate surface area is 216 Å². The van der Waals surface area contributed by atoms with E-state index < -0.39 is 0 Å². The molecule has 0 radical (unpaired) electrons. The van der Waals surface area contributed by atoms with Crippen LogP contribution < -0.4 is 10.1 Å². The smallest absolute Gasteiger partial charge is 0.184 e. The molecule has 0 spiro atoms. The van der Waals surface area contributed by atoms with Gasteiger partial charge in [-0.1, -0.05) is 38.0 Å². The molecule has 1 aromatic carbocycles. The van der Waals surface area contributed by atoms with Crippen LogP contribution in [0.15, 0.2) is 49.1 Å². The summed E-state index contributed by atoms with van der Waals surface area (Å²) in [5, 5.41) is 19.1. The van der Waals surface area contributed by atoms with Gasteiger partial charge in [0, 0.05) is 36.1 Å². The topological polar surface area (TPSA) is 88.3 Å². The van der Waals surface area contributed by atoms with Gasteiger partial charge in [-0.25, -0.2) is 4.98 Å². The van der Waals surface area contributed by atoms with Crippen LogP contribution in [0.2, 0.25) is 0 Å². The number of rotatable bonds is 10. The fraction of sp³-hybridized carbons (Fsp3) is 0.444. The van der Waals surface area contributed by atoms with Crippen LogP contribution in [0, 0.1) is 0 Å². The molecule has 190 valence electrons. The van der Waals surface area contributed by atoms with Crippen molar-refractivity contribution in [3.63, 3.8) is 0 Å². The maximum absolute atomic E-state index is 10.3. The van der Waals surface area contributed by atoms with Crippen molar-refractivity contribution in [2.75, 3.05) is 25.0 Å². The van der Waals surface area contributed by atoms with E-state index in [1.54, 1.807) is 17.5 Å². The number of anilines is 1. The summed E-state index contributed by atoms with van der Waals surface area (Å²) in [6, 6.07) is 7.98. The molecule has 0 unspecified atom stereocenters. The zero-order valence-electron chi connectivity index (χ0n) is 20.9. The van der Waals surface area contributed by atoms with Crippen molar-refractivity contribution in [2.45, 2.75) is 58.2 Å². The maximum atomic E-state index is 10.3. The van der Waals surface area contributed by atoms with Crippen LogP contribution in [0.3, 0.4) is 0 Å². The number of hydrogen-bond donors (Lipinski definition) is 2. The van der Waals surface area contributed by atoms with Crippen molar-refractivity contribution in [2.24, 2.45) is 0 Å². The summed E-state index contributed by atoms with van der Waals surface area (Å²) in [5.41, 5.74) is 2.91. The first-order valence-electron chi connectivity index (χ1n) is 12.8. The summed E-state index contributed by atoms with van der Waals surface area (Å²) < 4.78 is 9.19. The number of nitrogens with one attached hydrogen (secondary N) is 1. The number of aliphatic hydroxyl groups is 1. The molecule has 1 fully saturated rings. The minimum atomic E-state index is -0.307. The van der Waals surface area contributed by atoms with E-state index in [9.17, 15) is 5.11 Å². The second kappa shape index (κ2) is 11.4. The molecule has 4 aromatic rings. The molecule has 0 aliphatic heterocycles. The van der Waals surface area contributed by atoms with Crippen molar-refractivity contribution in [1.82, 2.24) is 24.6 Å². The lowest BCUT2D eigenvalue weighted by molar-refractivity contribution is 0.116. The fourth-order valence-corrected chi connectivity index (χ4v) is 5.61. The van der Waals surface area contributed by atoms with Gasteiger partial charge in [0.1, 0.15) is 11.5 Å². The first kappa shape index (κ1) is 24.7. The molecule has 0 saturated heterocycles. The molecule has 3 heterocycles. The van der Waals surface area contributed by atoms with Gasteiger partial charge in [0.15, 0.2) is 5.13 Å². The van der Waals surface area contributed by atoms with Crippen LogP contribution in [-0.2, 0) is 6.54 Å². The Bertz CT molecular complexity index is 1280. The second-order valence-corrected chi connectivity index (χ2v) is 10.3. The highest BCUT2D eigenvalue weighted by molar-refractivity contribution is 7.22. The van der Waals surface area contributed by atoms with Crippen molar-refractivity contribution < 1.29 is 9.84 Å². The van der Waals surface area contributed by atoms with E-state index in [4.69, 9.17) is 9.72 Å². The number of ether oxygens (including phenoxy) is 1. The molecule has 1 aliphatic rings. The second-order valence-electron chi connectivity index (χ2n) is 9.28. The van der Waals surface area contributed by atoms with Crippen molar-refractivity contribution >= 4 is 26.7 Å². The molecule has 2 atom stereocenters. The molecular formula is C27H34N6O2S. The summed E-state index contributed by atoms with van der Waals surface area (Å²) >= 11 is 1.59. The Hall–Kier alpha value is -3.01. The van der Waals surface area contributed by atoms with E-state index in [0.29, 0.717) is 5.75 Å². The van der Waals surface area contributed by atoms with Gasteiger partial charge >= 0.3 is 0 Å². The van der Waals surface area contributed by atoms with E-state index in [1.165, 1.54) is 0 Å². The van der Waals surface area contributed by atoms with E-state index in [-0.39, 0.29) is 12.1 Å². The third-order valence-electron chi connectivity index (χ3n) is 6.85. The van der Waals surface area contributed by atoms with Gasteiger partial charge in [-0.15, -0.1) is 0 Å². The lowest BCUT2D eigenvalue weighted by atomic mass is 9.93. The maximum Gasteiger partial charge on any atom is 0.184 e. The Balaban J connectivity index is 1.26. The van der Waals surface area contributed by atoms with Crippen LogP contribution in [-0.4, -0.2) is 61.5 Å². The highest BCUT2D eigenvalue weighted by Gasteiger charge is 2.23. The molecule has 5 rings (SSSR count). The van der Waals surface area contributed by atoms with Gasteiger partial charge in [0.05, 0.1) is 41.3 Å². The van der Waals surface area contributed by atoms with Crippen LogP contribution in [0.4, 0.5) is 5.13 Å². The summed E-state index contributed by atoms with van der Waals surface area (Å²) in [4.78, 5) is 11.5. The third-order valence-corrected chi connectivity index (χ3v) is 7.80. The van der Waals surface area contributed by atoms with Crippen molar-refractivity contribution in [1.29, 1.82) is 0 Å². The predicted octanol–water partition coefficient (Wildman–Crippen LogP) is 5.40. The molecule has 1 saturated carbocycles.